The Labute approximate surface area is 177 Å². The van der Waals surface area contributed by atoms with Gasteiger partial charge in [-0.25, -0.2) is 4.98 Å². The molecule has 2 aliphatic heterocycles. The van der Waals surface area contributed by atoms with Gasteiger partial charge in [0.05, 0.1) is 5.52 Å². The van der Waals surface area contributed by atoms with E-state index in [4.69, 9.17) is 4.98 Å². The summed E-state index contributed by atoms with van der Waals surface area (Å²) in [6.07, 6.45) is 0. The summed E-state index contributed by atoms with van der Waals surface area (Å²) in [5.41, 5.74) is 5.14. The van der Waals surface area contributed by atoms with Crippen LogP contribution < -0.4 is 9.80 Å². The van der Waals surface area contributed by atoms with Crippen molar-refractivity contribution in [3.63, 3.8) is 0 Å². The molecule has 1 aromatic heterocycles. The maximum Gasteiger partial charge on any atom is 0.131 e. The van der Waals surface area contributed by atoms with E-state index in [1.54, 1.807) is 0 Å². The molecular weight excluding hydrogens is 376 g/mol. The monoisotopic (exact) mass is 404 g/mol. The summed E-state index contributed by atoms with van der Waals surface area (Å²) in [5.74, 6) is 2.20. The van der Waals surface area contributed by atoms with E-state index in [2.05, 4.69) is 77.2 Å². The molecule has 0 saturated carbocycles. The Morgan fingerprint density at radius 1 is 0.897 bits per heavy atom. The van der Waals surface area contributed by atoms with Crippen molar-refractivity contribution in [3.8, 4) is 0 Å². The van der Waals surface area contributed by atoms with Crippen molar-refractivity contribution in [2.24, 2.45) is 0 Å². The maximum absolute atomic E-state index is 5.10. The molecule has 5 heteroatoms. The number of aromatic nitrogens is 1. The van der Waals surface area contributed by atoms with Crippen molar-refractivity contribution in [1.82, 2.24) is 9.88 Å². The minimum absolute atomic E-state index is 0.926. The summed E-state index contributed by atoms with van der Waals surface area (Å²) in [6.45, 7) is 8.48. The predicted molar refractivity (Wildman–Crippen MR) is 124 cm³/mol. The van der Waals surface area contributed by atoms with Crippen LogP contribution in [0.1, 0.15) is 11.1 Å². The van der Waals surface area contributed by atoms with Crippen LogP contribution in [-0.2, 0) is 6.54 Å². The molecule has 0 amide bonds. The molecule has 2 aromatic carbocycles. The number of thioether (sulfide) groups is 1. The van der Waals surface area contributed by atoms with Crippen molar-refractivity contribution < 1.29 is 0 Å². The zero-order valence-corrected chi connectivity index (χ0v) is 18.1. The van der Waals surface area contributed by atoms with Gasteiger partial charge in [-0.3, -0.25) is 0 Å². The van der Waals surface area contributed by atoms with Crippen LogP contribution in [-0.4, -0.2) is 55.4 Å². The van der Waals surface area contributed by atoms with E-state index in [0.29, 0.717) is 0 Å². The highest BCUT2D eigenvalue weighted by molar-refractivity contribution is 7.99. The molecule has 2 aliphatic rings. The van der Waals surface area contributed by atoms with Gasteiger partial charge in [-0.15, -0.1) is 11.8 Å². The Bertz CT molecular complexity index is 1030. The first-order chi connectivity index (χ1) is 14.2. The lowest BCUT2D eigenvalue weighted by Gasteiger charge is -2.35. The van der Waals surface area contributed by atoms with Crippen molar-refractivity contribution in [3.05, 3.63) is 59.7 Å². The number of hydrogen-bond acceptors (Lipinski definition) is 5. The summed E-state index contributed by atoms with van der Waals surface area (Å²) < 4.78 is 0. The first-order valence-electron chi connectivity index (χ1n) is 10.5. The minimum atomic E-state index is 0.926. The molecule has 3 heterocycles. The Kier molecular flexibility index (Phi) is 5.10. The molecule has 150 valence electrons. The number of anilines is 2. The third-order valence-corrected chi connectivity index (χ3v) is 7.15. The smallest absolute Gasteiger partial charge is 0.131 e. The van der Waals surface area contributed by atoms with Gasteiger partial charge < -0.3 is 14.7 Å². The van der Waals surface area contributed by atoms with Crippen molar-refractivity contribution in [1.29, 1.82) is 0 Å². The van der Waals surface area contributed by atoms with Crippen molar-refractivity contribution >= 4 is 34.2 Å². The molecule has 0 unspecified atom stereocenters. The van der Waals surface area contributed by atoms with Crippen LogP contribution in [0, 0.1) is 6.92 Å². The molecule has 0 aliphatic carbocycles. The molecule has 0 spiro atoms. The van der Waals surface area contributed by atoms with Gasteiger partial charge in [0.1, 0.15) is 5.82 Å². The second-order valence-electron chi connectivity index (χ2n) is 8.19. The van der Waals surface area contributed by atoms with E-state index in [0.717, 1.165) is 56.4 Å². The lowest BCUT2D eigenvalue weighted by molar-refractivity contribution is 0.313. The largest absolute Gasteiger partial charge is 0.368 e. The van der Waals surface area contributed by atoms with Crippen LogP contribution in [0.25, 0.3) is 10.9 Å². The second kappa shape index (κ2) is 7.88. The molecule has 1 fully saturated rings. The van der Waals surface area contributed by atoms with Gasteiger partial charge in [-0.1, -0.05) is 29.8 Å². The molecule has 5 rings (SSSR count). The molecule has 0 atom stereocenters. The van der Waals surface area contributed by atoms with E-state index in [1.165, 1.54) is 27.1 Å². The third-order valence-electron chi connectivity index (χ3n) is 6.05. The van der Waals surface area contributed by atoms with E-state index >= 15 is 0 Å². The molecular formula is C24H28N4S. The fourth-order valence-corrected chi connectivity index (χ4v) is 5.32. The van der Waals surface area contributed by atoms with Gasteiger partial charge in [0, 0.05) is 67.1 Å². The summed E-state index contributed by atoms with van der Waals surface area (Å²) in [6, 6.07) is 17.8. The number of rotatable bonds is 2. The lowest BCUT2D eigenvalue weighted by Crippen LogP contribution is -2.44. The van der Waals surface area contributed by atoms with E-state index in [-0.39, 0.29) is 0 Å². The minimum Gasteiger partial charge on any atom is -0.368 e. The first-order valence-corrected chi connectivity index (χ1v) is 11.5. The SMILES string of the molecule is Cc1ccc2nc(N3CCSc4ccccc4C3)cc(N3CCN(C)CC3)c2c1. The molecule has 0 N–H and O–H groups in total. The average Bonchev–Trinajstić information content (AvgIpc) is 2.96. The van der Waals surface area contributed by atoms with Crippen LogP contribution in [0.3, 0.4) is 0 Å². The second-order valence-corrected chi connectivity index (χ2v) is 9.32. The number of benzene rings is 2. The predicted octanol–water partition coefficient (Wildman–Crippen LogP) is 4.41. The topological polar surface area (TPSA) is 22.6 Å². The number of hydrogen-bond donors (Lipinski definition) is 0. The van der Waals surface area contributed by atoms with Crippen molar-refractivity contribution in [2.75, 3.05) is 55.3 Å². The summed E-state index contributed by atoms with van der Waals surface area (Å²) in [5, 5.41) is 1.28. The van der Waals surface area contributed by atoms with Gasteiger partial charge in [0.2, 0.25) is 0 Å². The summed E-state index contributed by atoms with van der Waals surface area (Å²) in [7, 11) is 2.21. The number of fused-ring (bicyclic) bond motifs is 2. The fraction of sp³-hybridized carbons (Fsp3) is 0.375. The van der Waals surface area contributed by atoms with E-state index in [1.807, 2.05) is 11.8 Å². The average molecular weight is 405 g/mol. The van der Waals surface area contributed by atoms with Crippen LogP contribution >= 0.6 is 11.8 Å². The maximum atomic E-state index is 5.10. The fourth-order valence-electron chi connectivity index (χ4n) is 4.30. The van der Waals surface area contributed by atoms with E-state index in [9.17, 15) is 0 Å². The third kappa shape index (κ3) is 3.81. The highest BCUT2D eigenvalue weighted by Crippen LogP contribution is 2.34. The van der Waals surface area contributed by atoms with Gasteiger partial charge in [-0.05, 0) is 37.7 Å². The Hall–Kier alpha value is -2.24. The van der Waals surface area contributed by atoms with Crippen LogP contribution in [0.4, 0.5) is 11.5 Å². The van der Waals surface area contributed by atoms with Crippen LogP contribution in [0.2, 0.25) is 0 Å². The number of pyridine rings is 1. The van der Waals surface area contributed by atoms with Gasteiger partial charge in [0.15, 0.2) is 0 Å². The first kappa shape index (κ1) is 18.8. The van der Waals surface area contributed by atoms with E-state index < -0.39 is 0 Å². The summed E-state index contributed by atoms with van der Waals surface area (Å²) >= 11 is 1.96. The van der Waals surface area contributed by atoms with Crippen molar-refractivity contribution in [2.45, 2.75) is 18.4 Å². The molecule has 1 saturated heterocycles. The Balaban J connectivity index is 1.57. The summed E-state index contributed by atoms with van der Waals surface area (Å²) in [4.78, 5) is 13.9. The van der Waals surface area contributed by atoms with Crippen LogP contribution in [0.15, 0.2) is 53.4 Å². The Morgan fingerprint density at radius 2 is 1.72 bits per heavy atom. The van der Waals surface area contributed by atoms with Gasteiger partial charge in [-0.2, -0.15) is 0 Å². The molecule has 3 aromatic rings. The normalized spacial score (nSPS) is 18.0. The Morgan fingerprint density at radius 3 is 2.59 bits per heavy atom. The number of aryl methyl sites for hydroxylation is 1. The highest BCUT2D eigenvalue weighted by Gasteiger charge is 2.21. The van der Waals surface area contributed by atoms with Gasteiger partial charge >= 0.3 is 0 Å². The molecule has 0 bridgehead atoms. The van der Waals surface area contributed by atoms with Crippen LogP contribution in [0.5, 0.6) is 0 Å². The molecule has 4 nitrogen and oxygen atoms in total. The highest BCUT2D eigenvalue weighted by atomic mass is 32.2. The number of nitrogens with zero attached hydrogens (tertiary/aromatic N) is 4. The zero-order valence-electron chi connectivity index (χ0n) is 17.3. The molecule has 0 radical (unpaired) electrons. The number of piperazine rings is 1. The quantitative estimate of drug-likeness (QED) is 0.629. The molecule has 29 heavy (non-hydrogen) atoms. The zero-order chi connectivity index (χ0) is 19.8. The standard InChI is InChI=1S/C24H28N4S/c1-18-7-8-21-20(15-18)22(27-11-9-26(2)10-12-27)16-24(25-21)28-13-14-29-23-6-4-3-5-19(23)17-28/h3-8,15-16H,9-14,17H2,1-2H3. The number of likely N-dealkylation sites (N-methyl/N-ethyl adjacent to an activating group) is 1. The lowest BCUT2D eigenvalue weighted by atomic mass is 10.1. The van der Waals surface area contributed by atoms with Gasteiger partial charge in [0.25, 0.3) is 0 Å².